The number of hydrogen-bond acceptors (Lipinski definition) is 4. The zero-order valence-corrected chi connectivity index (χ0v) is 13.0. The molecule has 1 aromatic carbocycles. The van der Waals surface area contributed by atoms with E-state index in [0.717, 1.165) is 12.6 Å². The summed E-state index contributed by atoms with van der Waals surface area (Å²) in [4.78, 5) is 3.71. The van der Waals surface area contributed by atoms with Gasteiger partial charge in [-0.25, -0.2) is 22.2 Å². The first-order valence-electron chi connectivity index (χ1n) is 6.08. The standard InChI is InChI=1S/C13H7BrF4N4O/c1-2-23-5-20-13-6(3-19)4-21-22(13)12-10(17)8(15)7(14)9(16)11(12)18/h4-5H,2H2,1H3. The molecule has 120 valence electrons. The van der Waals surface area contributed by atoms with E-state index < -0.39 is 33.4 Å². The minimum Gasteiger partial charge on any atom is -0.483 e. The normalized spacial score (nSPS) is 11.0. The van der Waals surface area contributed by atoms with E-state index in [-0.39, 0.29) is 18.0 Å². The Morgan fingerprint density at radius 2 is 1.91 bits per heavy atom. The van der Waals surface area contributed by atoms with Crippen LogP contribution in [0.15, 0.2) is 15.7 Å². The van der Waals surface area contributed by atoms with Gasteiger partial charge in [-0.3, -0.25) is 0 Å². The first-order chi connectivity index (χ1) is 10.9. The quantitative estimate of drug-likeness (QED) is 0.262. The van der Waals surface area contributed by atoms with Crippen LogP contribution < -0.4 is 0 Å². The Kier molecular flexibility index (Phi) is 5.00. The van der Waals surface area contributed by atoms with Crippen molar-refractivity contribution in [2.24, 2.45) is 4.99 Å². The Labute approximate surface area is 135 Å². The summed E-state index contributed by atoms with van der Waals surface area (Å²) in [6.07, 6.45) is 1.88. The third kappa shape index (κ3) is 2.92. The second-order valence-electron chi connectivity index (χ2n) is 4.01. The van der Waals surface area contributed by atoms with Crippen LogP contribution in [0.25, 0.3) is 5.69 Å². The summed E-state index contributed by atoms with van der Waals surface area (Å²) in [5.74, 6) is -6.97. The summed E-state index contributed by atoms with van der Waals surface area (Å²) in [5.41, 5.74) is -1.29. The van der Waals surface area contributed by atoms with Crippen LogP contribution in [-0.2, 0) is 4.74 Å². The summed E-state index contributed by atoms with van der Waals surface area (Å²) >= 11 is 2.41. The van der Waals surface area contributed by atoms with Crippen LogP contribution >= 0.6 is 15.9 Å². The van der Waals surface area contributed by atoms with Gasteiger partial charge in [0.05, 0.1) is 17.3 Å². The van der Waals surface area contributed by atoms with Gasteiger partial charge in [0.15, 0.2) is 35.5 Å². The first kappa shape index (κ1) is 17.0. The van der Waals surface area contributed by atoms with Gasteiger partial charge in [0.1, 0.15) is 17.3 Å². The van der Waals surface area contributed by atoms with Gasteiger partial charge in [0, 0.05) is 0 Å². The second-order valence-corrected chi connectivity index (χ2v) is 4.81. The Morgan fingerprint density at radius 1 is 1.30 bits per heavy atom. The first-order valence-corrected chi connectivity index (χ1v) is 6.87. The van der Waals surface area contributed by atoms with Gasteiger partial charge in [0.2, 0.25) is 0 Å². The molecule has 0 N–H and O–H groups in total. The van der Waals surface area contributed by atoms with Gasteiger partial charge >= 0.3 is 0 Å². The van der Waals surface area contributed by atoms with Crippen molar-refractivity contribution in [2.45, 2.75) is 6.92 Å². The van der Waals surface area contributed by atoms with Crippen molar-refractivity contribution in [1.82, 2.24) is 9.78 Å². The molecule has 0 aliphatic rings. The lowest BCUT2D eigenvalue weighted by Gasteiger charge is -2.10. The van der Waals surface area contributed by atoms with Crippen molar-refractivity contribution in [2.75, 3.05) is 6.61 Å². The average Bonchev–Trinajstić information content (AvgIpc) is 2.94. The van der Waals surface area contributed by atoms with E-state index in [2.05, 4.69) is 26.0 Å². The molecule has 5 nitrogen and oxygen atoms in total. The molecule has 0 aliphatic carbocycles. The molecule has 2 aromatic rings. The van der Waals surface area contributed by atoms with Crippen molar-refractivity contribution < 1.29 is 22.3 Å². The number of ether oxygens (including phenoxy) is 1. The molecule has 0 unspecified atom stereocenters. The highest BCUT2D eigenvalue weighted by Crippen LogP contribution is 2.33. The molecule has 1 heterocycles. The van der Waals surface area contributed by atoms with Gasteiger partial charge < -0.3 is 4.74 Å². The van der Waals surface area contributed by atoms with E-state index >= 15 is 0 Å². The van der Waals surface area contributed by atoms with Gasteiger partial charge in [0.25, 0.3) is 0 Å². The van der Waals surface area contributed by atoms with E-state index in [1.807, 2.05) is 0 Å². The van der Waals surface area contributed by atoms with Crippen LogP contribution in [0.2, 0.25) is 0 Å². The van der Waals surface area contributed by atoms with E-state index in [1.165, 1.54) is 0 Å². The third-order valence-corrected chi connectivity index (χ3v) is 3.38. The third-order valence-electron chi connectivity index (χ3n) is 2.68. The molecule has 0 amide bonds. The fraction of sp³-hybridized carbons (Fsp3) is 0.154. The predicted octanol–water partition coefficient (Wildman–Crippen LogP) is 3.76. The molecule has 1 aromatic heterocycles. The highest BCUT2D eigenvalue weighted by Gasteiger charge is 2.28. The molecule has 10 heteroatoms. The zero-order chi connectivity index (χ0) is 17.1. The summed E-state index contributed by atoms with van der Waals surface area (Å²) in [6, 6.07) is 1.70. The summed E-state index contributed by atoms with van der Waals surface area (Å²) in [7, 11) is 0. The number of aromatic nitrogens is 2. The SMILES string of the molecule is CCOC=Nc1c(C#N)cnn1-c1c(F)c(F)c(Br)c(F)c1F. The summed E-state index contributed by atoms with van der Waals surface area (Å²) in [5, 5.41) is 12.5. The number of rotatable bonds is 4. The smallest absolute Gasteiger partial charge is 0.188 e. The Morgan fingerprint density at radius 3 is 2.43 bits per heavy atom. The molecule has 0 atom stereocenters. The average molecular weight is 391 g/mol. The van der Waals surface area contributed by atoms with Crippen molar-refractivity contribution in [3.8, 4) is 11.8 Å². The predicted molar refractivity (Wildman–Crippen MR) is 75.6 cm³/mol. The number of hydrogen-bond donors (Lipinski definition) is 0. The number of aliphatic imine (C=N–C) groups is 1. The lowest BCUT2D eigenvalue weighted by molar-refractivity contribution is 0.343. The minimum atomic E-state index is -1.68. The van der Waals surface area contributed by atoms with Crippen molar-refractivity contribution >= 4 is 28.1 Å². The van der Waals surface area contributed by atoms with Crippen molar-refractivity contribution in [3.63, 3.8) is 0 Å². The van der Waals surface area contributed by atoms with E-state index in [0.29, 0.717) is 4.68 Å². The molecule has 2 rings (SSSR count). The lowest BCUT2D eigenvalue weighted by atomic mass is 10.2. The fourth-order valence-corrected chi connectivity index (χ4v) is 2.00. The van der Waals surface area contributed by atoms with Gasteiger partial charge in [-0.05, 0) is 22.9 Å². The fourth-order valence-electron chi connectivity index (χ4n) is 1.65. The van der Waals surface area contributed by atoms with E-state index in [9.17, 15) is 17.6 Å². The number of benzene rings is 1. The topological polar surface area (TPSA) is 63.2 Å². The molecular weight excluding hydrogens is 384 g/mol. The van der Waals surface area contributed by atoms with Crippen LogP contribution in [0.3, 0.4) is 0 Å². The Bertz CT molecular complexity index is 799. The van der Waals surface area contributed by atoms with Gasteiger partial charge in [-0.2, -0.15) is 15.4 Å². The Hall–Kier alpha value is -2.41. The van der Waals surface area contributed by atoms with Crippen LogP contribution in [0.5, 0.6) is 0 Å². The van der Waals surface area contributed by atoms with Gasteiger partial charge in [-0.15, -0.1) is 0 Å². The molecule has 0 fully saturated rings. The highest BCUT2D eigenvalue weighted by atomic mass is 79.9. The molecule has 0 aliphatic heterocycles. The monoisotopic (exact) mass is 390 g/mol. The van der Waals surface area contributed by atoms with Crippen LogP contribution in [0, 0.1) is 34.6 Å². The molecule has 0 bridgehead atoms. The number of halogens is 5. The maximum Gasteiger partial charge on any atom is 0.188 e. The summed E-state index contributed by atoms with van der Waals surface area (Å²) < 4.78 is 59.7. The molecule has 0 radical (unpaired) electrons. The zero-order valence-electron chi connectivity index (χ0n) is 11.4. The van der Waals surface area contributed by atoms with Gasteiger partial charge in [-0.1, -0.05) is 0 Å². The van der Waals surface area contributed by atoms with Crippen LogP contribution in [-0.4, -0.2) is 22.8 Å². The number of nitrogens with zero attached hydrogens (tertiary/aromatic N) is 4. The summed E-state index contributed by atoms with van der Waals surface area (Å²) in [6.45, 7) is 1.91. The maximum atomic E-state index is 14.0. The molecule has 0 spiro atoms. The lowest BCUT2D eigenvalue weighted by Crippen LogP contribution is -2.09. The van der Waals surface area contributed by atoms with Crippen molar-refractivity contribution in [1.29, 1.82) is 5.26 Å². The molecule has 0 saturated carbocycles. The second kappa shape index (κ2) is 6.78. The number of nitriles is 1. The molecule has 23 heavy (non-hydrogen) atoms. The van der Waals surface area contributed by atoms with E-state index in [1.54, 1.807) is 13.0 Å². The highest BCUT2D eigenvalue weighted by molar-refractivity contribution is 9.10. The largest absolute Gasteiger partial charge is 0.483 e. The molecule has 0 saturated heterocycles. The maximum absolute atomic E-state index is 14.0. The molecular formula is C13H7BrF4N4O. The van der Waals surface area contributed by atoms with Crippen LogP contribution in [0.4, 0.5) is 23.4 Å². The van der Waals surface area contributed by atoms with Crippen LogP contribution in [0.1, 0.15) is 12.5 Å². The van der Waals surface area contributed by atoms with E-state index in [4.69, 9.17) is 10.00 Å². The Balaban J connectivity index is 2.74. The minimum absolute atomic E-state index is 0.163. The van der Waals surface area contributed by atoms with Crippen molar-refractivity contribution in [3.05, 3.63) is 39.5 Å².